The molecule has 2 N–H and O–H groups in total. The van der Waals surface area contributed by atoms with Crippen molar-refractivity contribution in [2.24, 2.45) is 0 Å². The van der Waals surface area contributed by atoms with Gasteiger partial charge in [0, 0.05) is 12.2 Å². The van der Waals surface area contributed by atoms with Gasteiger partial charge in [-0.2, -0.15) is 0 Å². The van der Waals surface area contributed by atoms with E-state index in [9.17, 15) is 5.11 Å². The maximum absolute atomic E-state index is 9.59. The molecule has 1 aromatic carbocycles. The fraction of sp³-hybridized carbons (Fsp3) is 0.400. The van der Waals surface area contributed by atoms with Crippen molar-refractivity contribution in [1.29, 1.82) is 0 Å². The summed E-state index contributed by atoms with van der Waals surface area (Å²) in [5.74, 6) is 0.0961. The smallest absolute Gasteiger partial charge is 0.137 e. The number of halogens is 1. The van der Waals surface area contributed by atoms with E-state index in [2.05, 4.69) is 0 Å². The average Bonchev–Trinajstić information content (AvgIpc) is 2.09. The lowest BCUT2D eigenvalue weighted by Gasteiger charge is -2.11. The van der Waals surface area contributed by atoms with Crippen molar-refractivity contribution >= 4 is 11.6 Å². The molecule has 0 saturated carbocycles. The van der Waals surface area contributed by atoms with Gasteiger partial charge in [-0.25, -0.2) is 0 Å². The summed E-state index contributed by atoms with van der Waals surface area (Å²) in [5.41, 5.74) is 2.77. The number of aromatic hydroxyl groups is 1. The third-order valence-corrected chi connectivity index (χ3v) is 2.55. The molecular formula is C10H13ClO2. The summed E-state index contributed by atoms with van der Waals surface area (Å²) in [6, 6.07) is 1.73. The Morgan fingerprint density at radius 2 is 2.00 bits per heavy atom. The summed E-state index contributed by atoms with van der Waals surface area (Å²) in [5, 5.41) is 18.7. The SMILES string of the molecule is Cc1cc(Cl)c(O)c(CCO)c1C. The minimum Gasteiger partial charge on any atom is -0.506 e. The average molecular weight is 201 g/mol. The quantitative estimate of drug-likeness (QED) is 0.769. The molecule has 2 nitrogen and oxygen atoms in total. The Bertz CT molecular complexity index is 295. The van der Waals surface area contributed by atoms with Crippen molar-refractivity contribution in [1.82, 2.24) is 0 Å². The molecule has 0 aromatic heterocycles. The predicted molar refractivity (Wildman–Crippen MR) is 53.4 cm³/mol. The van der Waals surface area contributed by atoms with Crippen molar-refractivity contribution in [3.63, 3.8) is 0 Å². The van der Waals surface area contributed by atoms with E-state index in [4.69, 9.17) is 16.7 Å². The molecule has 0 aliphatic carbocycles. The molecule has 0 radical (unpaired) electrons. The molecule has 3 heteroatoms. The Morgan fingerprint density at radius 1 is 1.38 bits per heavy atom. The minimum atomic E-state index is 0.0220. The van der Waals surface area contributed by atoms with Gasteiger partial charge in [0.1, 0.15) is 5.75 Å². The summed E-state index contributed by atoms with van der Waals surface area (Å²) < 4.78 is 0. The molecule has 0 heterocycles. The molecule has 1 aromatic rings. The molecule has 0 spiro atoms. The first-order chi connectivity index (χ1) is 6.07. The zero-order chi connectivity index (χ0) is 10.0. The fourth-order valence-electron chi connectivity index (χ4n) is 1.34. The van der Waals surface area contributed by atoms with Crippen LogP contribution in [0.4, 0.5) is 0 Å². The molecule has 0 saturated heterocycles. The number of rotatable bonds is 2. The summed E-state index contributed by atoms with van der Waals surface area (Å²) in [7, 11) is 0. The second kappa shape index (κ2) is 3.99. The molecule has 0 atom stereocenters. The van der Waals surface area contributed by atoms with Gasteiger partial charge in [0.25, 0.3) is 0 Å². The van der Waals surface area contributed by atoms with Crippen LogP contribution in [0.5, 0.6) is 5.75 Å². The van der Waals surface area contributed by atoms with Crippen molar-refractivity contribution in [2.75, 3.05) is 6.61 Å². The van der Waals surface area contributed by atoms with E-state index in [0.29, 0.717) is 11.4 Å². The summed E-state index contributed by atoms with van der Waals surface area (Å²) in [6.45, 7) is 3.87. The van der Waals surface area contributed by atoms with Gasteiger partial charge < -0.3 is 10.2 Å². The molecular weight excluding hydrogens is 188 g/mol. The van der Waals surface area contributed by atoms with Crippen LogP contribution < -0.4 is 0 Å². The highest BCUT2D eigenvalue weighted by atomic mass is 35.5. The second-order valence-electron chi connectivity index (χ2n) is 3.10. The van der Waals surface area contributed by atoms with E-state index in [1.54, 1.807) is 6.07 Å². The van der Waals surface area contributed by atoms with Crippen LogP contribution in [-0.2, 0) is 6.42 Å². The lowest BCUT2D eigenvalue weighted by atomic mass is 10.00. The Balaban J connectivity index is 3.28. The molecule has 0 amide bonds. The largest absolute Gasteiger partial charge is 0.506 e. The van der Waals surface area contributed by atoms with Crippen LogP contribution in [0.25, 0.3) is 0 Å². The number of benzene rings is 1. The van der Waals surface area contributed by atoms with Crippen LogP contribution >= 0.6 is 11.6 Å². The van der Waals surface area contributed by atoms with Gasteiger partial charge in [0.2, 0.25) is 0 Å². The zero-order valence-electron chi connectivity index (χ0n) is 7.76. The van der Waals surface area contributed by atoms with Gasteiger partial charge in [-0.1, -0.05) is 11.6 Å². The minimum absolute atomic E-state index is 0.0220. The van der Waals surface area contributed by atoms with E-state index < -0.39 is 0 Å². The van der Waals surface area contributed by atoms with E-state index in [1.165, 1.54) is 0 Å². The lowest BCUT2D eigenvalue weighted by Crippen LogP contribution is -1.97. The number of aryl methyl sites for hydroxylation is 1. The van der Waals surface area contributed by atoms with E-state index in [-0.39, 0.29) is 12.4 Å². The first-order valence-electron chi connectivity index (χ1n) is 4.16. The summed E-state index contributed by atoms with van der Waals surface area (Å²) >= 11 is 5.80. The first-order valence-corrected chi connectivity index (χ1v) is 4.54. The third kappa shape index (κ3) is 1.95. The van der Waals surface area contributed by atoms with Crippen LogP contribution in [0.2, 0.25) is 5.02 Å². The summed E-state index contributed by atoms with van der Waals surface area (Å²) in [6.07, 6.45) is 0.444. The first kappa shape index (κ1) is 10.4. The normalized spacial score (nSPS) is 10.5. The molecule has 0 unspecified atom stereocenters. The molecule has 0 aliphatic heterocycles. The van der Waals surface area contributed by atoms with Crippen LogP contribution in [0, 0.1) is 13.8 Å². The van der Waals surface area contributed by atoms with Gasteiger partial charge in [-0.05, 0) is 37.5 Å². The molecule has 13 heavy (non-hydrogen) atoms. The lowest BCUT2D eigenvalue weighted by molar-refractivity contribution is 0.297. The van der Waals surface area contributed by atoms with E-state index in [1.807, 2.05) is 13.8 Å². The van der Waals surface area contributed by atoms with Gasteiger partial charge in [-0.3, -0.25) is 0 Å². The van der Waals surface area contributed by atoms with Crippen LogP contribution in [0.3, 0.4) is 0 Å². The highest BCUT2D eigenvalue weighted by Gasteiger charge is 2.10. The van der Waals surface area contributed by atoms with Crippen LogP contribution in [0.15, 0.2) is 6.07 Å². The number of phenols is 1. The Hall–Kier alpha value is -0.730. The molecule has 72 valence electrons. The van der Waals surface area contributed by atoms with Gasteiger partial charge in [-0.15, -0.1) is 0 Å². The summed E-state index contributed by atoms with van der Waals surface area (Å²) in [4.78, 5) is 0. The topological polar surface area (TPSA) is 40.5 Å². The van der Waals surface area contributed by atoms with Crippen LogP contribution in [-0.4, -0.2) is 16.8 Å². The third-order valence-electron chi connectivity index (χ3n) is 2.26. The van der Waals surface area contributed by atoms with Crippen molar-refractivity contribution in [2.45, 2.75) is 20.3 Å². The Kier molecular flexibility index (Phi) is 3.17. The Labute approximate surface area is 82.8 Å². The molecule has 0 aliphatic rings. The van der Waals surface area contributed by atoms with Gasteiger partial charge in [0.05, 0.1) is 5.02 Å². The molecule has 0 fully saturated rings. The number of hydrogen-bond donors (Lipinski definition) is 2. The second-order valence-corrected chi connectivity index (χ2v) is 3.51. The number of phenolic OH excluding ortho intramolecular Hbond substituents is 1. The maximum atomic E-state index is 9.59. The zero-order valence-corrected chi connectivity index (χ0v) is 8.52. The number of hydrogen-bond acceptors (Lipinski definition) is 2. The van der Waals surface area contributed by atoms with Gasteiger partial charge in [0.15, 0.2) is 0 Å². The van der Waals surface area contributed by atoms with Crippen molar-refractivity contribution < 1.29 is 10.2 Å². The van der Waals surface area contributed by atoms with Crippen molar-refractivity contribution in [3.8, 4) is 5.75 Å². The number of aliphatic hydroxyl groups is 1. The van der Waals surface area contributed by atoms with Crippen molar-refractivity contribution in [3.05, 3.63) is 27.8 Å². The highest BCUT2D eigenvalue weighted by Crippen LogP contribution is 2.32. The van der Waals surface area contributed by atoms with Gasteiger partial charge >= 0.3 is 0 Å². The number of aliphatic hydroxyl groups excluding tert-OH is 1. The fourth-order valence-corrected chi connectivity index (χ4v) is 1.62. The molecule has 1 rings (SSSR count). The monoisotopic (exact) mass is 200 g/mol. The van der Waals surface area contributed by atoms with Crippen LogP contribution in [0.1, 0.15) is 16.7 Å². The Morgan fingerprint density at radius 3 is 2.54 bits per heavy atom. The maximum Gasteiger partial charge on any atom is 0.137 e. The standard InChI is InChI=1S/C10H13ClO2/c1-6-5-9(11)10(13)8(3-4-12)7(6)2/h5,12-13H,3-4H2,1-2H3. The predicted octanol–water partition coefficient (Wildman–Crippen LogP) is 2.20. The van der Waals surface area contributed by atoms with E-state index >= 15 is 0 Å². The molecule has 0 bridgehead atoms. The van der Waals surface area contributed by atoms with E-state index in [0.717, 1.165) is 16.7 Å². The highest BCUT2D eigenvalue weighted by molar-refractivity contribution is 6.32.